The van der Waals surface area contributed by atoms with Gasteiger partial charge in [0.25, 0.3) is 0 Å². The summed E-state index contributed by atoms with van der Waals surface area (Å²) in [6, 6.07) is 6.12. The maximum atomic E-state index is 12.3. The average Bonchev–Trinajstić information content (AvgIpc) is 2.74. The lowest BCUT2D eigenvalue weighted by Gasteiger charge is -2.20. The lowest BCUT2D eigenvalue weighted by atomic mass is 9.86. The molecule has 0 fully saturated rings. The van der Waals surface area contributed by atoms with E-state index in [0.29, 0.717) is 22.8 Å². The van der Waals surface area contributed by atoms with Gasteiger partial charge in [-0.3, -0.25) is 9.36 Å². The van der Waals surface area contributed by atoms with Gasteiger partial charge in [0.15, 0.2) is 0 Å². The van der Waals surface area contributed by atoms with E-state index in [9.17, 15) is 19.6 Å². The van der Waals surface area contributed by atoms with Gasteiger partial charge in [0.2, 0.25) is 0 Å². The van der Waals surface area contributed by atoms with Crippen molar-refractivity contribution in [2.24, 2.45) is 0 Å². The van der Waals surface area contributed by atoms with Crippen molar-refractivity contribution in [1.29, 1.82) is 0 Å². The Bertz CT molecular complexity index is 699. The predicted molar refractivity (Wildman–Crippen MR) is 78.8 cm³/mol. The first-order chi connectivity index (χ1) is 9.73. The summed E-state index contributed by atoms with van der Waals surface area (Å²) < 4.78 is 6.37. The van der Waals surface area contributed by atoms with Gasteiger partial charge < -0.3 is 14.8 Å². The molecule has 0 aliphatic rings. The Labute approximate surface area is 122 Å². The topological polar surface area (TPSA) is 88.8 Å². The van der Waals surface area contributed by atoms with E-state index in [2.05, 4.69) is 0 Å². The molecule has 110 valence electrons. The number of carbonyl (C=O) groups excluding carboxylic acids is 2. The number of rotatable bonds is 2. The summed E-state index contributed by atoms with van der Waals surface area (Å²) in [6.45, 7) is 5.16. The highest BCUT2D eigenvalue weighted by molar-refractivity contribution is 6.59. The molecule has 2 N–H and O–H groups in total. The second-order valence-electron chi connectivity index (χ2n) is 5.69. The number of aldehydes is 1. The summed E-state index contributed by atoms with van der Waals surface area (Å²) in [4.78, 5) is 23.1. The Morgan fingerprint density at radius 1 is 1.29 bits per heavy atom. The highest BCUT2D eigenvalue weighted by atomic mass is 16.6. The minimum atomic E-state index is -1.83. The summed E-state index contributed by atoms with van der Waals surface area (Å²) >= 11 is 0. The van der Waals surface area contributed by atoms with Crippen LogP contribution in [0.1, 0.15) is 31.1 Å². The molecule has 2 aromatic rings. The van der Waals surface area contributed by atoms with Crippen LogP contribution in [0.25, 0.3) is 10.9 Å². The molecule has 0 aliphatic heterocycles. The molecule has 0 amide bonds. The van der Waals surface area contributed by atoms with E-state index in [0.717, 1.165) is 4.57 Å². The molecule has 0 saturated heterocycles. The molecule has 21 heavy (non-hydrogen) atoms. The van der Waals surface area contributed by atoms with Gasteiger partial charge in [-0.1, -0.05) is 0 Å². The molecule has 2 rings (SSSR count). The van der Waals surface area contributed by atoms with Gasteiger partial charge in [-0.2, -0.15) is 0 Å². The maximum absolute atomic E-state index is 12.3. The van der Waals surface area contributed by atoms with Crippen LogP contribution in [0.3, 0.4) is 0 Å². The summed E-state index contributed by atoms with van der Waals surface area (Å²) in [5, 5.41) is 19.4. The zero-order valence-corrected chi connectivity index (χ0v) is 12.0. The van der Waals surface area contributed by atoms with Crippen molar-refractivity contribution in [3.8, 4) is 0 Å². The van der Waals surface area contributed by atoms with Crippen molar-refractivity contribution >= 4 is 36.0 Å². The average molecular weight is 289 g/mol. The van der Waals surface area contributed by atoms with Crippen molar-refractivity contribution in [1.82, 2.24) is 4.57 Å². The van der Waals surface area contributed by atoms with E-state index in [1.807, 2.05) is 0 Å². The van der Waals surface area contributed by atoms with Gasteiger partial charge in [-0.05, 0) is 45.0 Å². The Morgan fingerprint density at radius 3 is 2.48 bits per heavy atom. The van der Waals surface area contributed by atoms with Crippen molar-refractivity contribution in [3.63, 3.8) is 0 Å². The third-order valence-corrected chi connectivity index (χ3v) is 2.83. The van der Waals surface area contributed by atoms with Gasteiger partial charge in [-0.25, -0.2) is 4.79 Å². The normalized spacial score (nSPS) is 11.5. The molecule has 1 heterocycles. The molecular weight excluding hydrogens is 273 g/mol. The number of benzene rings is 1. The number of hydrogen-bond acceptors (Lipinski definition) is 5. The van der Waals surface area contributed by atoms with Gasteiger partial charge in [0, 0.05) is 10.9 Å². The summed E-state index contributed by atoms with van der Waals surface area (Å²) in [5.41, 5.74) is 0.150. The molecule has 0 atom stereocenters. The zero-order chi connectivity index (χ0) is 15.8. The van der Waals surface area contributed by atoms with E-state index < -0.39 is 18.8 Å². The van der Waals surface area contributed by atoms with Gasteiger partial charge >= 0.3 is 13.2 Å². The van der Waals surface area contributed by atoms with Crippen LogP contribution < -0.4 is 5.59 Å². The van der Waals surface area contributed by atoms with Crippen molar-refractivity contribution in [2.45, 2.75) is 26.4 Å². The summed E-state index contributed by atoms with van der Waals surface area (Å²) in [7, 11) is -1.83. The summed E-state index contributed by atoms with van der Waals surface area (Å²) in [6.07, 6.45) is -0.0290. The first-order valence-electron chi connectivity index (χ1n) is 6.43. The minimum Gasteiger partial charge on any atom is -0.443 e. The lowest BCUT2D eigenvalue weighted by molar-refractivity contribution is 0.0547. The molecule has 0 bridgehead atoms. The van der Waals surface area contributed by atoms with E-state index >= 15 is 0 Å². The molecule has 0 saturated carbocycles. The van der Waals surface area contributed by atoms with Crippen LogP contribution in [0.15, 0.2) is 24.3 Å². The number of aromatic nitrogens is 1. The quantitative estimate of drug-likeness (QED) is 0.634. The Balaban J connectivity index is 2.61. The smallest absolute Gasteiger partial charge is 0.443 e. The Morgan fingerprint density at radius 2 is 1.95 bits per heavy atom. The molecule has 1 aromatic heterocycles. The van der Waals surface area contributed by atoms with Crippen LogP contribution in [0.5, 0.6) is 0 Å². The number of hydrogen-bond donors (Lipinski definition) is 2. The second kappa shape index (κ2) is 5.35. The molecule has 1 aromatic carbocycles. The molecule has 0 radical (unpaired) electrons. The van der Waals surface area contributed by atoms with Crippen LogP contribution in [0.4, 0.5) is 4.79 Å². The number of carbonyl (C=O) groups is 2. The maximum Gasteiger partial charge on any atom is 0.506 e. The Kier molecular flexibility index (Phi) is 3.89. The predicted octanol–water partition coefficient (Wildman–Crippen LogP) is 0.917. The van der Waals surface area contributed by atoms with Gasteiger partial charge in [0.1, 0.15) is 11.9 Å². The van der Waals surface area contributed by atoms with Gasteiger partial charge in [0.05, 0.1) is 11.1 Å². The fraction of sp³-hybridized carbons (Fsp3) is 0.286. The van der Waals surface area contributed by atoms with Crippen LogP contribution >= 0.6 is 0 Å². The summed E-state index contributed by atoms with van der Waals surface area (Å²) in [5.74, 6) is 0. The third-order valence-electron chi connectivity index (χ3n) is 2.83. The monoisotopic (exact) mass is 289 g/mol. The van der Waals surface area contributed by atoms with Crippen LogP contribution in [-0.4, -0.2) is 39.7 Å². The first kappa shape index (κ1) is 15.3. The Hall–Kier alpha value is -2.12. The molecule has 0 aliphatic carbocycles. The van der Waals surface area contributed by atoms with E-state index in [-0.39, 0.29) is 5.59 Å². The fourth-order valence-electron chi connectivity index (χ4n) is 2.03. The van der Waals surface area contributed by atoms with Crippen molar-refractivity contribution in [3.05, 3.63) is 29.8 Å². The van der Waals surface area contributed by atoms with Crippen LogP contribution in [0, 0.1) is 0 Å². The number of ether oxygens (including phenoxy) is 1. The highest BCUT2D eigenvalue weighted by Crippen LogP contribution is 2.18. The van der Waals surface area contributed by atoms with Crippen LogP contribution in [0.2, 0.25) is 0 Å². The highest BCUT2D eigenvalue weighted by Gasteiger charge is 2.27. The van der Waals surface area contributed by atoms with Crippen molar-refractivity contribution < 1.29 is 24.4 Å². The van der Waals surface area contributed by atoms with E-state index in [1.165, 1.54) is 6.07 Å². The molecule has 0 spiro atoms. The lowest BCUT2D eigenvalue weighted by Crippen LogP contribution is -2.40. The molecule has 6 nitrogen and oxygen atoms in total. The first-order valence-corrected chi connectivity index (χ1v) is 6.43. The van der Waals surface area contributed by atoms with Crippen molar-refractivity contribution in [2.75, 3.05) is 0 Å². The third kappa shape index (κ3) is 3.14. The number of nitrogens with zero attached hydrogens (tertiary/aromatic N) is 1. The molecule has 7 heteroatoms. The SMILES string of the molecule is CC(C)(C)OC(=O)n1c(B(O)O)cc2cc(C=O)ccc21. The largest absolute Gasteiger partial charge is 0.506 e. The van der Waals surface area contributed by atoms with Gasteiger partial charge in [-0.15, -0.1) is 0 Å². The minimum absolute atomic E-state index is 0.0118. The fourth-order valence-corrected chi connectivity index (χ4v) is 2.03. The molecule has 0 unspecified atom stereocenters. The zero-order valence-electron chi connectivity index (χ0n) is 12.0. The van der Waals surface area contributed by atoms with E-state index in [1.54, 1.807) is 39.0 Å². The standard InChI is InChI=1S/C14H16BNO5/c1-14(2,3)21-13(18)16-11-5-4-9(8-17)6-10(11)7-12(16)15(19)20/h4-8,19-20H,1-3H3. The van der Waals surface area contributed by atoms with E-state index in [4.69, 9.17) is 4.74 Å². The second-order valence-corrected chi connectivity index (χ2v) is 5.69. The number of fused-ring (bicyclic) bond motifs is 1. The molecular formula is C14H16BNO5. The van der Waals surface area contributed by atoms with Crippen LogP contribution in [-0.2, 0) is 4.74 Å².